The Hall–Kier alpha value is -2.82. The van der Waals surface area contributed by atoms with Crippen LogP contribution in [-0.2, 0) is 4.79 Å². The summed E-state index contributed by atoms with van der Waals surface area (Å²) >= 11 is 0. The van der Waals surface area contributed by atoms with E-state index in [-0.39, 0.29) is 11.9 Å². The smallest absolute Gasteiger partial charge is 0.323 e. The van der Waals surface area contributed by atoms with Gasteiger partial charge in [0.1, 0.15) is 0 Å². The fourth-order valence-corrected chi connectivity index (χ4v) is 2.28. The molecule has 0 aliphatic carbocycles. The van der Waals surface area contributed by atoms with Crippen molar-refractivity contribution < 1.29 is 9.59 Å². The zero-order valence-electron chi connectivity index (χ0n) is 13.5. The average Bonchev–Trinajstić information content (AvgIpc) is 2.47. The van der Waals surface area contributed by atoms with Crippen LogP contribution < -0.4 is 16.0 Å². The molecule has 2 aromatic rings. The number of nitrogens with one attached hydrogen (secondary N) is 3. The molecule has 3 N–H and O–H groups in total. The van der Waals surface area contributed by atoms with Gasteiger partial charge in [-0.25, -0.2) is 4.79 Å². The van der Waals surface area contributed by atoms with Crippen molar-refractivity contribution in [3.05, 3.63) is 54.1 Å². The molecule has 0 atom stereocenters. The van der Waals surface area contributed by atoms with Crippen LogP contribution in [0.2, 0.25) is 0 Å². The summed E-state index contributed by atoms with van der Waals surface area (Å²) in [4.78, 5) is 23.3. The molecule has 0 aliphatic rings. The van der Waals surface area contributed by atoms with Gasteiger partial charge in [0.15, 0.2) is 0 Å². The molecule has 0 radical (unpaired) electrons. The van der Waals surface area contributed by atoms with Crippen molar-refractivity contribution in [3.63, 3.8) is 0 Å². The lowest BCUT2D eigenvalue weighted by Crippen LogP contribution is -2.20. The second kappa shape index (κ2) is 7.45. The first-order chi connectivity index (χ1) is 11.0. The quantitative estimate of drug-likeness (QED) is 0.782. The number of hydrogen-bond donors (Lipinski definition) is 3. The molecule has 5 heteroatoms. The minimum atomic E-state index is -0.321. The standard InChI is InChI=1S/C18H21N3O2/c1-12(2)16-9-4-5-10-17(16)21-18(23)20-15-8-6-7-14(11-15)19-13(3)22/h4-12H,1-3H3,(H,19,22)(H2,20,21,23). The van der Waals surface area contributed by atoms with Gasteiger partial charge in [-0.1, -0.05) is 38.1 Å². The van der Waals surface area contributed by atoms with E-state index in [1.807, 2.05) is 24.3 Å². The molecule has 0 bridgehead atoms. The second-order valence-electron chi connectivity index (χ2n) is 5.58. The van der Waals surface area contributed by atoms with E-state index in [1.54, 1.807) is 24.3 Å². The summed E-state index contributed by atoms with van der Waals surface area (Å²) in [5, 5.41) is 8.31. The van der Waals surface area contributed by atoms with Crippen molar-refractivity contribution in [1.82, 2.24) is 0 Å². The normalized spacial score (nSPS) is 10.3. The number of amides is 3. The van der Waals surface area contributed by atoms with Gasteiger partial charge in [-0.05, 0) is 35.7 Å². The number of rotatable bonds is 4. The molecule has 120 valence electrons. The molecule has 0 unspecified atom stereocenters. The van der Waals surface area contributed by atoms with Gasteiger partial charge in [-0.2, -0.15) is 0 Å². The van der Waals surface area contributed by atoms with Crippen molar-refractivity contribution in [2.75, 3.05) is 16.0 Å². The van der Waals surface area contributed by atoms with Crippen molar-refractivity contribution in [2.24, 2.45) is 0 Å². The summed E-state index contributed by atoms with van der Waals surface area (Å²) in [6, 6.07) is 14.4. The molecule has 3 amide bonds. The zero-order valence-corrected chi connectivity index (χ0v) is 13.5. The van der Waals surface area contributed by atoms with Gasteiger partial charge in [0.2, 0.25) is 5.91 Å². The molecule has 0 spiro atoms. The van der Waals surface area contributed by atoms with E-state index in [2.05, 4.69) is 29.8 Å². The molecule has 2 aromatic carbocycles. The Labute approximate surface area is 136 Å². The molecule has 0 saturated heterocycles. The molecule has 23 heavy (non-hydrogen) atoms. The summed E-state index contributed by atoms with van der Waals surface area (Å²) in [7, 11) is 0. The van der Waals surface area contributed by atoms with Crippen LogP contribution >= 0.6 is 0 Å². The molecule has 2 rings (SSSR count). The van der Waals surface area contributed by atoms with E-state index in [0.717, 1.165) is 11.3 Å². The first kappa shape index (κ1) is 16.5. The number of urea groups is 1. The average molecular weight is 311 g/mol. The maximum atomic E-state index is 12.2. The van der Waals surface area contributed by atoms with Gasteiger partial charge in [0, 0.05) is 24.0 Å². The van der Waals surface area contributed by atoms with Crippen molar-refractivity contribution in [1.29, 1.82) is 0 Å². The maximum absolute atomic E-state index is 12.2. The molecule has 0 saturated carbocycles. The predicted octanol–water partition coefficient (Wildman–Crippen LogP) is 4.41. The van der Waals surface area contributed by atoms with Crippen LogP contribution in [0.15, 0.2) is 48.5 Å². The van der Waals surface area contributed by atoms with Gasteiger partial charge in [-0.15, -0.1) is 0 Å². The third-order valence-corrected chi connectivity index (χ3v) is 3.27. The van der Waals surface area contributed by atoms with Gasteiger partial charge >= 0.3 is 6.03 Å². The van der Waals surface area contributed by atoms with Crippen molar-refractivity contribution in [3.8, 4) is 0 Å². The van der Waals surface area contributed by atoms with Crippen LogP contribution in [0.3, 0.4) is 0 Å². The number of benzene rings is 2. The van der Waals surface area contributed by atoms with Crippen LogP contribution in [0.5, 0.6) is 0 Å². The summed E-state index contributed by atoms with van der Waals surface area (Å²) < 4.78 is 0. The first-order valence-electron chi connectivity index (χ1n) is 7.50. The number of para-hydroxylation sites is 1. The van der Waals surface area contributed by atoms with Crippen LogP contribution in [0, 0.1) is 0 Å². The topological polar surface area (TPSA) is 70.2 Å². The fourth-order valence-electron chi connectivity index (χ4n) is 2.28. The monoisotopic (exact) mass is 311 g/mol. The fraction of sp³-hybridized carbons (Fsp3) is 0.222. The highest BCUT2D eigenvalue weighted by molar-refractivity contribution is 6.00. The molecule has 0 aromatic heterocycles. The lowest BCUT2D eigenvalue weighted by Gasteiger charge is -2.14. The summed E-state index contributed by atoms with van der Waals surface area (Å²) in [5.74, 6) is 0.159. The highest BCUT2D eigenvalue weighted by Crippen LogP contribution is 2.24. The van der Waals surface area contributed by atoms with Gasteiger partial charge in [-0.3, -0.25) is 4.79 Å². The number of anilines is 3. The number of carbonyl (C=O) groups is 2. The van der Waals surface area contributed by atoms with Crippen LogP contribution in [0.1, 0.15) is 32.3 Å². The molecular formula is C18H21N3O2. The van der Waals surface area contributed by atoms with E-state index < -0.39 is 0 Å². The SMILES string of the molecule is CC(=O)Nc1cccc(NC(=O)Nc2ccccc2C(C)C)c1. The molecule has 5 nitrogen and oxygen atoms in total. The van der Waals surface area contributed by atoms with Crippen LogP contribution in [0.25, 0.3) is 0 Å². The van der Waals surface area contributed by atoms with Crippen molar-refractivity contribution >= 4 is 29.0 Å². The predicted molar refractivity (Wildman–Crippen MR) is 93.9 cm³/mol. The van der Waals surface area contributed by atoms with E-state index in [0.29, 0.717) is 17.3 Å². The van der Waals surface area contributed by atoms with E-state index in [1.165, 1.54) is 6.92 Å². The lowest BCUT2D eigenvalue weighted by atomic mass is 10.0. The summed E-state index contributed by atoms with van der Waals surface area (Å²) in [6.07, 6.45) is 0. The molecule has 0 aliphatic heterocycles. The van der Waals surface area contributed by atoms with Gasteiger partial charge < -0.3 is 16.0 Å². The Morgan fingerprint density at radius 2 is 1.52 bits per heavy atom. The maximum Gasteiger partial charge on any atom is 0.323 e. The molecular weight excluding hydrogens is 290 g/mol. The Morgan fingerprint density at radius 1 is 0.870 bits per heavy atom. The van der Waals surface area contributed by atoms with Crippen LogP contribution in [-0.4, -0.2) is 11.9 Å². The largest absolute Gasteiger partial charge is 0.326 e. The molecule has 0 fully saturated rings. The van der Waals surface area contributed by atoms with E-state index in [9.17, 15) is 9.59 Å². The second-order valence-corrected chi connectivity index (χ2v) is 5.58. The van der Waals surface area contributed by atoms with E-state index >= 15 is 0 Å². The summed E-state index contributed by atoms with van der Waals surface area (Å²) in [5.41, 5.74) is 3.11. The highest BCUT2D eigenvalue weighted by Gasteiger charge is 2.09. The van der Waals surface area contributed by atoms with Gasteiger partial charge in [0.05, 0.1) is 0 Å². The summed E-state index contributed by atoms with van der Waals surface area (Å²) in [6.45, 7) is 5.60. The van der Waals surface area contributed by atoms with Crippen molar-refractivity contribution in [2.45, 2.75) is 26.7 Å². The zero-order chi connectivity index (χ0) is 16.8. The first-order valence-corrected chi connectivity index (χ1v) is 7.50. The number of hydrogen-bond acceptors (Lipinski definition) is 2. The Morgan fingerprint density at radius 3 is 2.17 bits per heavy atom. The number of carbonyl (C=O) groups excluding carboxylic acids is 2. The Bertz CT molecular complexity index is 711. The highest BCUT2D eigenvalue weighted by atomic mass is 16.2. The van der Waals surface area contributed by atoms with Crippen LogP contribution in [0.4, 0.5) is 21.9 Å². The lowest BCUT2D eigenvalue weighted by molar-refractivity contribution is -0.114. The minimum absolute atomic E-state index is 0.155. The third kappa shape index (κ3) is 4.85. The Balaban J connectivity index is 2.07. The molecule has 0 heterocycles. The Kier molecular flexibility index (Phi) is 5.36. The third-order valence-electron chi connectivity index (χ3n) is 3.27. The van der Waals surface area contributed by atoms with Gasteiger partial charge in [0.25, 0.3) is 0 Å². The minimum Gasteiger partial charge on any atom is -0.326 e. The van der Waals surface area contributed by atoms with E-state index in [4.69, 9.17) is 0 Å².